The highest BCUT2D eigenvalue weighted by molar-refractivity contribution is 7.89. The second-order valence-electron chi connectivity index (χ2n) is 6.74. The molecule has 0 amide bonds. The fraction of sp³-hybridized carbons (Fsp3) is 0.250. The average Bonchev–Trinajstić information content (AvgIpc) is 3.23. The summed E-state index contributed by atoms with van der Waals surface area (Å²) in [6.07, 6.45) is 0. The number of aromatic nitrogens is 1. The van der Waals surface area contributed by atoms with Crippen molar-refractivity contribution in [3.8, 4) is 17.0 Å². The molecule has 158 valence electrons. The van der Waals surface area contributed by atoms with Gasteiger partial charge in [0.05, 0.1) is 17.7 Å². The molecule has 3 aromatic rings. The molecule has 0 radical (unpaired) electrons. The lowest BCUT2D eigenvalue weighted by Gasteiger charge is -2.33. The molecule has 1 aliphatic heterocycles. The van der Waals surface area contributed by atoms with Crippen LogP contribution in [0.4, 0.5) is 9.52 Å². The molecule has 1 fully saturated rings. The maximum absolute atomic E-state index is 13.6. The Morgan fingerprint density at radius 1 is 1.10 bits per heavy atom. The van der Waals surface area contributed by atoms with Crippen molar-refractivity contribution in [2.75, 3.05) is 38.2 Å². The molecule has 6 nitrogen and oxygen atoms in total. The maximum Gasteiger partial charge on any atom is 0.243 e. The number of thiazole rings is 1. The van der Waals surface area contributed by atoms with Crippen LogP contribution >= 0.6 is 22.9 Å². The fourth-order valence-corrected chi connectivity index (χ4v) is 5.79. The monoisotopic (exact) mass is 467 g/mol. The number of hydrogen-bond donors (Lipinski definition) is 0. The first-order chi connectivity index (χ1) is 14.4. The minimum atomic E-state index is -3.56. The van der Waals surface area contributed by atoms with Gasteiger partial charge in [0.25, 0.3) is 0 Å². The lowest BCUT2D eigenvalue weighted by atomic mass is 10.2. The zero-order chi connectivity index (χ0) is 21.3. The first-order valence-corrected chi connectivity index (χ1v) is 11.9. The zero-order valence-electron chi connectivity index (χ0n) is 16.1. The summed E-state index contributed by atoms with van der Waals surface area (Å²) in [5, 5.41) is 2.93. The molecule has 30 heavy (non-hydrogen) atoms. The van der Waals surface area contributed by atoms with Crippen LogP contribution in [0.1, 0.15) is 0 Å². The molecule has 4 rings (SSSR count). The molecule has 0 atom stereocenters. The van der Waals surface area contributed by atoms with Gasteiger partial charge in [0.15, 0.2) is 5.13 Å². The summed E-state index contributed by atoms with van der Waals surface area (Å²) in [6.45, 7) is 1.75. The number of hydrogen-bond acceptors (Lipinski definition) is 6. The number of benzene rings is 2. The molecular weight excluding hydrogens is 449 g/mol. The number of sulfonamides is 1. The van der Waals surface area contributed by atoms with Crippen molar-refractivity contribution in [1.29, 1.82) is 0 Å². The predicted octanol–water partition coefficient (Wildman–Crippen LogP) is 4.12. The third kappa shape index (κ3) is 4.29. The standard InChI is InChI=1S/C20H19ClFN3O3S2/c1-28-17-2-4-18(5-3-17)30(26,27)25-8-6-24(7-9-25)20-23-19(13-29-20)14-10-15(21)12-16(22)11-14/h2-5,10-13H,6-9H2,1H3. The highest BCUT2D eigenvalue weighted by atomic mass is 35.5. The topological polar surface area (TPSA) is 62.7 Å². The van der Waals surface area contributed by atoms with E-state index in [9.17, 15) is 12.8 Å². The summed E-state index contributed by atoms with van der Waals surface area (Å²) in [5.74, 6) is 0.197. The zero-order valence-corrected chi connectivity index (χ0v) is 18.5. The molecule has 1 aliphatic rings. The van der Waals surface area contributed by atoms with Crippen LogP contribution < -0.4 is 9.64 Å². The van der Waals surface area contributed by atoms with Gasteiger partial charge >= 0.3 is 0 Å². The summed E-state index contributed by atoms with van der Waals surface area (Å²) >= 11 is 7.38. The molecule has 2 heterocycles. The van der Waals surface area contributed by atoms with Gasteiger partial charge in [-0.1, -0.05) is 11.6 Å². The van der Waals surface area contributed by atoms with E-state index < -0.39 is 15.8 Å². The molecule has 10 heteroatoms. The van der Waals surface area contributed by atoms with Crippen LogP contribution in [0.25, 0.3) is 11.3 Å². The maximum atomic E-state index is 13.6. The van der Waals surface area contributed by atoms with E-state index in [1.54, 1.807) is 30.3 Å². The van der Waals surface area contributed by atoms with Gasteiger partial charge in [0, 0.05) is 42.1 Å². The summed E-state index contributed by atoms with van der Waals surface area (Å²) < 4.78 is 46.0. The Labute approximate surface area is 183 Å². The van der Waals surface area contributed by atoms with E-state index in [4.69, 9.17) is 16.3 Å². The highest BCUT2D eigenvalue weighted by Crippen LogP contribution is 2.30. The van der Waals surface area contributed by atoms with Crippen LogP contribution in [-0.4, -0.2) is 51.0 Å². The number of piperazine rings is 1. The number of anilines is 1. The van der Waals surface area contributed by atoms with Crippen molar-refractivity contribution in [1.82, 2.24) is 9.29 Å². The Bertz CT molecular complexity index is 1120. The molecular formula is C20H19ClFN3O3S2. The number of ether oxygens (including phenoxy) is 1. The van der Waals surface area contributed by atoms with Crippen molar-refractivity contribution in [2.45, 2.75) is 4.90 Å². The number of rotatable bonds is 5. The molecule has 0 N–H and O–H groups in total. The van der Waals surface area contributed by atoms with E-state index in [0.717, 1.165) is 5.13 Å². The summed E-state index contributed by atoms with van der Waals surface area (Å²) in [6, 6.07) is 10.7. The van der Waals surface area contributed by atoms with Crippen LogP contribution in [0, 0.1) is 5.82 Å². The normalized spacial score (nSPS) is 15.4. The molecule has 1 saturated heterocycles. The Hall–Kier alpha value is -2.20. The van der Waals surface area contributed by atoms with Gasteiger partial charge in [0.2, 0.25) is 10.0 Å². The summed E-state index contributed by atoms with van der Waals surface area (Å²) in [5.41, 5.74) is 1.26. The second kappa shape index (κ2) is 8.50. The van der Waals surface area contributed by atoms with Gasteiger partial charge in [-0.2, -0.15) is 4.31 Å². The van der Waals surface area contributed by atoms with Crippen LogP contribution in [-0.2, 0) is 10.0 Å². The van der Waals surface area contributed by atoms with E-state index >= 15 is 0 Å². The fourth-order valence-electron chi connectivity index (χ4n) is 3.26. The van der Waals surface area contributed by atoms with Crippen LogP contribution in [0.5, 0.6) is 5.75 Å². The predicted molar refractivity (Wildman–Crippen MR) is 116 cm³/mol. The highest BCUT2D eigenvalue weighted by Gasteiger charge is 2.29. The first-order valence-electron chi connectivity index (χ1n) is 9.18. The van der Waals surface area contributed by atoms with Crippen LogP contribution in [0.15, 0.2) is 52.7 Å². The van der Waals surface area contributed by atoms with Gasteiger partial charge in [0.1, 0.15) is 11.6 Å². The van der Waals surface area contributed by atoms with Crippen molar-refractivity contribution >= 4 is 38.1 Å². The Morgan fingerprint density at radius 2 is 1.80 bits per heavy atom. The Morgan fingerprint density at radius 3 is 2.43 bits per heavy atom. The summed E-state index contributed by atoms with van der Waals surface area (Å²) in [7, 11) is -2.02. The molecule has 0 aliphatic carbocycles. The molecule has 1 aromatic heterocycles. The second-order valence-corrected chi connectivity index (χ2v) is 9.95. The van der Waals surface area contributed by atoms with E-state index in [0.29, 0.717) is 48.2 Å². The lowest BCUT2D eigenvalue weighted by molar-refractivity contribution is 0.384. The molecule has 0 saturated carbocycles. The SMILES string of the molecule is COc1ccc(S(=O)(=O)N2CCN(c3nc(-c4cc(F)cc(Cl)c4)cs3)CC2)cc1. The van der Waals surface area contributed by atoms with E-state index in [1.807, 2.05) is 10.3 Å². The minimum Gasteiger partial charge on any atom is -0.497 e. The Kier molecular flexibility index (Phi) is 5.97. The smallest absolute Gasteiger partial charge is 0.243 e. The average molecular weight is 468 g/mol. The van der Waals surface area contributed by atoms with Gasteiger partial charge in [-0.3, -0.25) is 0 Å². The minimum absolute atomic E-state index is 0.247. The number of halogens is 2. The quantitative estimate of drug-likeness (QED) is 0.564. The van der Waals surface area contributed by atoms with E-state index in [-0.39, 0.29) is 4.90 Å². The summed E-state index contributed by atoms with van der Waals surface area (Å²) in [4.78, 5) is 6.87. The van der Waals surface area contributed by atoms with Crippen LogP contribution in [0.3, 0.4) is 0 Å². The van der Waals surface area contributed by atoms with E-state index in [2.05, 4.69) is 4.98 Å². The number of nitrogens with zero attached hydrogens (tertiary/aromatic N) is 3. The van der Waals surface area contributed by atoms with E-state index in [1.165, 1.54) is 34.9 Å². The van der Waals surface area contributed by atoms with Crippen molar-refractivity contribution < 1.29 is 17.5 Å². The van der Waals surface area contributed by atoms with Crippen LogP contribution in [0.2, 0.25) is 5.02 Å². The van der Waals surface area contributed by atoms with Gasteiger partial charge < -0.3 is 9.64 Å². The molecule has 0 spiro atoms. The lowest BCUT2D eigenvalue weighted by Crippen LogP contribution is -2.48. The molecule has 0 bridgehead atoms. The van der Waals surface area contributed by atoms with Crippen molar-refractivity contribution in [3.05, 3.63) is 58.7 Å². The van der Waals surface area contributed by atoms with Gasteiger partial charge in [-0.25, -0.2) is 17.8 Å². The Balaban J connectivity index is 1.45. The number of methoxy groups -OCH3 is 1. The first kappa shape index (κ1) is 21.0. The van der Waals surface area contributed by atoms with Gasteiger partial charge in [-0.05, 0) is 42.5 Å². The van der Waals surface area contributed by atoms with Crippen molar-refractivity contribution in [3.63, 3.8) is 0 Å². The molecule has 0 unspecified atom stereocenters. The third-order valence-electron chi connectivity index (χ3n) is 4.86. The third-order valence-corrected chi connectivity index (χ3v) is 7.89. The van der Waals surface area contributed by atoms with Crippen molar-refractivity contribution in [2.24, 2.45) is 0 Å². The molecule has 2 aromatic carbocycles. The van der Waals surface area contributed by atoms with Gasteiger partial charge in [-0.15, -0.1) is 11.3 Å². The largest absolute Gasteiger partial charge is 0.497 e.